The van der Waals surface area contributed by atoms with Crippen LogP contribution in [0.25, 0.3) is 0 Å². The van der Waals surface area contributed by atoms with Crippen LogP contribution in [-0.2, 0) is 16.0 Å². The van der Waals surface area contributed by atoms with Crippen molar-refractivity contribution in [1.82, 2.24) is 0 Å². The zero-order valence-electron chi connectivity index (χ0n) is 12.1. The molecule has 2 aromatic carbocycles. The van der Waals surface area contributed by atoms with Crippen molar-refractivity contribution < 1.29 is 30.4 Å². The van der Waals surface area contributed by atoms with Crippen molar-refractivity contribution in [3.63, 3.8) is 0 Å². The molecule has 132 valence electrons. The molecule has 0 heterocycles. The summed E-state index contributed by atoms with van der Waals surface area (Å²) in [4.78, 5) is -0.0653. The molecule has 0 saturated heterocycles. The molecule has 2 aromatic rings. The molecule has 10 heteroatoms. The van der Waals surface area contributed by atoms with Crippen molar-refractivity contribution in [3.05, 3.63) is 53.6 Å². The maximum atomic E-state index is 12.9. The van der Waals surface area contributed by atoms with Gasteiger partial charge < -0.3 is 0 Å². The van der Waals surface area contributed by atoms with Gasteiger partial charge in [0.05, 0.1) is 22.1 Å². The van der Waals surface area contributed by atoms with Crippen LogP contribution in [0.5, 0.6) is 0 Å². The lowest BCUT2D eigenvalue weighted by Crippen LogP contribution is -2.11. The van der Waals surface area contributed by atoms with Crippen molar-refractivity contribution in [2.45, 2.75) is 26.6 Å². The third-order valence-electron chi connectivity index (χ3n) is 3.04. The molecular weight excluding hydrogens is 385 g/mol. The summed E-state index contributed by atoms with van der Waals surface area (Å²) in [6, 6.07) is 8.94. The fourth-order valence-corrected chi connectivity index (χ4v) is 3.43. The van der Waals surface area contributed by atoms with E-state index in [1.165, 1.54) is 24.3 Å². The van der Waals surface area contributed by atoms with Gasteiger partial charge in [0.25, 0.3) is 0 Å². The quantitative estimate of drug-likeness (QED) is 0.705. The highest BCUT2D eigenvalue weighted by atomic mass is 32.2. The van der Waals surface area contributed by atoms with Gasteiger partial charge in [0.2, 0.25) is 9.84 Å². The Hall–Kier alpha value is -2.12. The van der Waals surface area contributed by atoms with Crippen LogP contribution in [0.1, 0.15) is 11.1 Å². The number of sulfone groups is 1. The summed E-state index contributed by atoms with van der Waals surface area (Å²) in [5.74, 6) is -3.56. The van der Waals surface area contributed by atoms with Gasteiger partial charge in [-0.05, 0) is 42.5 Å². The standard InChI is InChI=1S/C15H8F5NO2S2/c16-14(17)25(22,23)12-5-3-10(4-6-12)24-11-2-1-9(8-21)13(7-11)15(18,19)20/h1-7,14H. The predicted octanol–water partition coefficient (Wildman–Crippen LogP) is 4.72. The SMILES string of the molecule is N#Cc1ccc(Sc2ccc(S(=O)(=O)C(F)F)cc2)cc1C(F)(F)F. The molecule has 0 fully saturated rings. The summed E-state index contributed by atoms with van der Waals surface area (Å²) in [6.07, 6.45) is -4.70. The van der Waals surface area contributed by atoms with Gasteiger partial charge >= 0.3 is 11.9 Å². The molecule has 0 aromatic heterocycles. The zero-order valence-corrected chi connectivity index (χ0v) is 13.7. The molecule has 3 nitrogen and oxygen atoms in total. The van der Waals surface area contributed by atoms with Gasteiger partial charge in [-0.25, -0.2) is 8.42 Å². The molecule has 0 radical (unpaired) electrons. The molecule has 0 atom stereocenters. The van der Waals surface area contributed by atoms with Crippen LogP contribution in [0.15, 0.2) is 57.2 Å². The average Bonchev–Trinajstić information content (AvgIpc) is 2.54. The normalized spacial score (nSPS) is 12.2. The first-order valence-electron chi connectivity index (χ1n) is 6.47. The molecular formula is C15H8F5NO2S2. The largest absolute Gasteiger partial charge is 0.417 e. The number of nitriles is 1. The Labute approximate surface area is 144 Å². The minimum atomic E-state index is -4.73. The fraction of sp³-hybridized carbons (Fsp3) is 0.133. The van der Waals surface area contributed by atoms with Crippen molar-refractivity contribution in [2.24, 2.45) is 0 Å². The third kappa shape index (κ3) is 4.29. The molecule has 0 unspecified atom stereocenters. The number of hydrogen-bond acceptors (Lipinski definition) is 4. The summed E-state index contributed by atoms with van der Waals surface area (Å²) < 4.78 is 86.3. The monoisotopic (exact) mass is 393 g/mol. The molecule has 25 heavy (non-hydrogen) atoms. The van der Waals surface area contributed by atoms with Gasteiger partial charge in [-0.1, -0.05) is 11.8 Å². The zero-order chi connectivity index (χ0) is 18.8. The number of rotatable bonds is 4. The molecule has 2 rings (SSSR count). The van der Waals surface area contributed by atoms with E-state index < -0.39 is 37.8 Å². The third-order valence-corrected chi connectivity index (χ3v) is 5.44. The lowest BCUT2D eigenvalue weighted by Gasteiger charge is -2.11. The van der Waals surface area contributed by atoms with Gasteiger partial charge in [0.1, 0.15) is 0 Å². The topological polar surface area (TPSA) is 57.9 Å². The number of nitrogens with zero attached hydrogens (tertiary/aromatic N) is 1. The molecule has 0 N–H and O–H groups in total. The molecule has 0 aliphatic carbocycles. The van der Waals surface area contributed by atoms with E-state index in [1.807, 2.05) is 0 Å². The van der Waals surface area contributed by atoms with E-state index in [2.05, 4.69) is 0 Å². The summed E-state index contributed by atoms with van der Waals surface area (Å²) in [7, 11) is -4.73. The Morgan fingerprint density at radius 2 is 1.56 bits per heavy atom. The highest BCUT2D eigenvalue weighted by Gasteiger charge is 2.34. The van der Waals surface area contributed by atoms with Crippen LogP contribution >= 0.6 is 11.8 Å². The Balaban J connectivity index is 2.31. The average molecular weight is 393 g/mol. The van der Waals surface area contributed by atoms with Crippen LogP contribution < -0.4 is 0 Å². The van der Waals surface area contributed by atoms with Gasteiger partial charge in [0, 0.05) is 9.79 Å². The minimum absolute atomic E-state index is 0.163. The summed E-state index contributed by atoms with van der Waals surface area (Å²) in [5.41, 5.74) is -1.60. The lowest BCUT2D eigenvalue weighted by molar-refractivity contribution is -0.137. The molecule has 0 saturated carbocycles. The highest BCUT2D eigenvalue weighted by molar-refractivity contribution is 7.99. The van der Waals surface area contributed by atoms with E-state index in [0.717, 1.165) is 36.0 Å². The molecule has 0 spiro atoms. The van der Waals surface area contributed by atoms with Crippen LogP contribution in [0.4, 0.5) is 22.0 Å². The van der Waals surface area contributed by atoms with E-state index >= 15 is 0 Å². The number of alkyl halides is 5. The lowest BCUT2D eigenvalue weighted by atomic mass is 10.1. The fourth-order valence-electron chi connectivity index (χ4n) is 1.86. The number of benzene rings is 2. The van der Waals surface area contributed by atoms with Crippen molar-refractivity contribution >= 4 is 21.6 Å². The summed E-state index contributed by atoms with van der Waals surface area (Å²) >= 11 is 0.873. The first-order chi connectivity index (χ1) is 11.6. The second-order valence-corrected chi connectivity index (χ2v) is 7.76. The second-order valence-electron chi connectivity index (χ2n) is 4.70. The van der Waals surface area contributed by atoms with Crippen molar-refractivity contribution in [1.29, 1.82) is 5.26 Å². The summed E-state index contributed by atoms with van der Waals surface area (Å²) in [6.45, 7) is 0. The Morgan fingerprint density at radius 1 is 1.00 bits per heavy atom. The van der Waals surface area contributed by atoms with Crippen LogP contribution in [0.3, 0.4) is 0 Å². The Bertz CT molecular complexity index is 916. The second kappa shape index (κ2) is 7.01. The molecule has 0 bridgehead atoms. The van der Waals surface area contributed by atoms with Crippen LogP contribution in [-0.4, -0.2) is 14.2 Å². The minimum Gasteiger partial charge on any atom is -0.218 e. The highest BCUT2D eigenvalue weighted by Crippen LogP contribution is 2.36. The van der Waals surface area contributed by atoms with Gasteiger partial charge in [-0.15, -0.1) is 0 Å². The van der Waals surface area contributed by atoms with E-state index in [9.17, 15) is 30.4 Å². The molecule has 0 amide bonds. The Morgan fingerprint density at radius 3 is 2.04 bits per heavy atom. The van der Waals surface area contributed by atoms with Crippen molar-refractivity contribution in [3.8, 4) is 6.07 Å². The Kier molecular flexibility index (Phi) is 5.39. The van der Waals surface area contributed by atoms with E-state index in [0.29, 0.717) is 4.90 Å². The maximum absolute atomic E-state index is 12.9. The number of halogens is 5. The van der Waals surface area contributed by atoms with Crippen LogP contribution in [0, 0.1) is 11.3 Å². The smallest absolute Gasteiger partial charge is 0.218 e. The van der Waals surface area contributed by atoms with Crippen LogP contribution in [0.2, 0.25) is 0 Å². The summed E-state index contributed by atoms with van der Waals surface area (Å²) in [5, 5.41) is 8.74. The van der Waals surface area contributed by atoms with Crippen molar-refractivity contribution in [2.75, 3.05) is 0 Å². The first-order valence-corrected chi connectivity index (χ1v) is 8.83. The van der Waals surface area contributed by atoms with E-state index in [1.54, 1.807) is 0 Å². The number of hydrogen-bond donors (Lipinski definition) is 0. The molecule has 0 aliphatic rings. The van der Waals surface area contributed by atoms with Gasteiger partial charge in [-0.3, -0.25) is 0 Å². The van der Waals surface area contributed by atoms with Gasteiger partial charge in [-0.2, -0.15) is 27.2 Å². The first kappa shape index (κ1) is 19.2. The van der Waals surface area contributed by atoms with Gasteiger partial charge in [0.15, 0.2) is 0 Å². The predicted molar refractivity (Wildman–Crippen MR) is 79.9 cm³/mol. The maximum Gasteiger partial charge on any atom is 0.417 e. The molecule has 0 aliphatic heterocycles. The van der Waals surface area contributed by atoms with E-state index in [-0.39, 0.29) is 4.90 Å². The van der Waals surface area contributed by atoms with E-state index in [4.69, 9.17) is 5.26 Å².